The highest BCUT2D eigenvalue weighted by Gasteiger charge is 2.44. The van der Waals surface area contributed by atoms with Gasteiger partial charge in [0.25, 0.3) is 11.8 Å². The van der Waals surface area contributed by atoms with E-state index in [2.05, 4.69) is 0 Å². The Morgan fingerprint density at radius 3 is 2.57 bits per heavy atom. The van der Waals surface area contributed by atoms with Gasteiger partial charge in [-0.05, 0) is 43.0 Å². The van der Waals surface area contributed by atoms with Crippen molar-refractivity contribution < 1.29 is 27.6 Å². The molecule has 30 heavy (non-hydrogen) atoms. The molecule has 2 N–H and O–H groups in total. The number of hydrogen-bond acceptors (Lipinski definition) is 5. The normalized spacial score (nSPS) is 16.0. The first-order valence-electron chi connectivity index (χ1n) is 9.40. The number of fused-ring (bicyclic) bond motifs is 1. The van der Waals surface area contributed by atoms with Gasteiger partial charge >= 0.3 is 0 Å². The van der Waals surface area contributed by atoms with E-state index < -0.39 is 20.5 Å². The van der Waals surface area contributed by atoms with Crippen LogP contribution in [0.5, 0.6) is 0 Å². The second kappa shape index (κ2) is 8.16. The molecule has 0 unspecified atom stereocenters. The van der Waals surface area contributed by atoms with E-state index in [1.165, 1.54) is 23.4 Å². The zero-order valence-corrected chi connectivity index (χ0v) is 17.5. The molecular formula is C21H23FN2O5S. The first-order valence-corrected chi connectivity index (χ1v) is 11.3. The highest BCUT2D eigenvalue weighted by molar-refractivity contribution is 7.92. The summed E-state index contributed by atoms with van der Waals surface area (Å²) in [6.07, 6.45) is 1.28. The van der Waals surface area contributed by atoms with E-state index in [1.807, 2.05) is 0 Å². The van der Waals surface area contributed by atoms with Gasteiger partial charge in [-0.25, -0.2) is 18.3 Å². The van der Waals surface area contributed by atoms with Crippen molar-refractivity contribution in [1.82, 2.24) is 10.4 Å². The lowest BCUT2D eigenvalue weighted by molar-refractivity contribution is -0.131. The summed E-state index contributed by atoms with van der Waals surface area (Å²) in [5, 5.41) is 8.92. The Kier molecular flexibility index (Phi) is 5.96. The smallest absolute Gasteiger partial charge is 0.264 e. The predicted molar refractivity (Wildman–Crippen MR) is 109 cm³/mol. The van der Waals surface area contributed by atoms with E-state index in [1.54, 1.807) is 36.4 Å². The molecule has 9 heteroatoms. The van der Waals surface area contributed by atoms with Crippen LogP contribution in [-0.4, -0.2) is 54.4 Å². The highest BCUT2D eigenvalue weighted by Crippen LogP contribution is 2.29. The Balaban J connectivity index is 1.81. The van der Waals surface area contributed by atoms with Crippen LogP contribution in [0.4, 0.5) is 4.39 Å². The lowest BCUT2D eigenvalue weighted by Crippen LogP contribution is -2.51. The zero-order chi connectivity index (χ0) is 22.1. The lowest BCUT2D eigenvalue weighted by Gasteiger charge is -2.32. The number of hydroxylamine groups is 1. The number of sulfone groups is 1. The van der Waals surface area contributed by atoms with Crippen LogP contribution in [0.25, 0.3) is 11.1 Å². The van der Waals surface area contributed by atoms with Crippen molar-refractivity contribution in [3.8, 4) is 11.1 Å². The average Bonchev–Trinajstić information content (AvgIpc) is 2.71. The molecule has 0 saturated carbocycles. The molecule has 0 bridgehead atoms. The Bertz CT molecular complexity index is 1100. The number of hydrogen-bond donors (Lipinski definition) is 2. The second-order valence-corrected chi connectivity index (χ2v) is 10.0. The predicted octanol–water partition coefficient (Wildman–Crippen LogP) is 2.19. The monoisotopic (exact) mass is 434 g/mol. The van der Waals surface area contributed by atoms with Gasteiger partial charge in [0.15, 0.2) is 14.6 Å². The van der Waals surface area contributed by atoms with Gasteiger partial charge < -0.3 is 4.90 Å². The van der Waals surface area contributed by atoms with E-state index in [-0.39, 0.29) is 24.7 Å². The van der Waals surface area contributed by atoms with Gasteiger partial charge in [0.1, 0.15) is 5.82 Å². The summed E-state index contributed by atoms with van der Waals surface area (Å²) in [5.41, 5.74) is 3.79. The van der Waals surface area contributed by atoms with Crippen molar-refractivity contribution in [3.63, 3.8) is 0 Å². The zero-order valence-electron chi connectivity index (χ0n) is 16.7. The quantitative estimate of drug-likeness (QED) is 0.536. The molecule has 7 nitrogen and oxygen atoms in total. The summed E-state index contributed by atoms with van der Waals surface area (Å²) in [7, 11) is -3.84. The van der Waals surface area contributed by atoms with Gasteiger partial charge in [0, 0.05) is 30.5 Å². The molecule has 160 valence electrons. The summed E-state index contributed by atoms with van der Waals surface area (Å²) in [5.74, 6) is -1.66. The Hall–Kier alpha value is -2.78. The van der Waals surface area contributed by atoms with E-state index in [4.69, 9.17) is 5.21 Å². The first-order chi connectivity index (χ1) is 14.1. The Morgan fingerprint density at radius 2 is 1.93 bits per heavy atom. The minimum Gasteiger partial charge on any atom is -0.338 e. The summed E-state index contributed by atoms with van der Waals surface area (Å²) in [6, 6.07) is 11.5. The van der Waals surface area contributed by atoms with E-state index in [9.17, 15) is 22.4 Å². The van der Waals surface area contributed by atoms with Gasteiger partial charge in [-0.1, -0.05) is 30.3 Å². The maximum Gasteiger partial charge on any atom is 0.264 e. The van der Waals surface area contributed by atoms with Crippen molar-refractivity contribution in [2.24, 2.45) is 0 Å². The van der Waals surface area contributed by atoms with Gasteiger partial charge in [-0.3, -0.25) is 14.8 Å². The first kappa shape index (κ1) is 21.9. The number of amides is 2. The van der Waals surface area contributed by atoms with Gasteiger partial charge in [-0.2, -0.15) is 0 Å². The van der Waals surface area contributed by atoms with Crippen LogP contribution >= 0.6 is 0 Å². The van der Waals surface area contributed by atoms with Gasteiger partial charge in [0.2, 0.25) is 0 Å². The third-order valence-corrected chi connectivity index (χ3v) is 7.74. The van der Waals surface area contributed by atoms with E-state index in [0.29, 0.717) is 29.7 Å². The summed E-state index contributed by atoms with van der Waals surface area (Å²) in [6.45, 7) is 1.59. The molecule has 1 aliphatic rings. The molecule has 0 aromatic heterocycles. The van der Waals surface area contributed by atoms with Crippen molar-refractivity contribution in [1.29, 1.82) is 0 Å². The summed E-state index contributed by atoms with van der Waals surface area (Å²) >= 11 is 0. The molecule has 0 saturated heterocycles. The van der Waals surface area contributed by atoms with Crippen molar-refractivity contribution in [2.75, 3.05) is 19.3 Å². The Labute approximate surface area is 174 Å². The van der Waals surface area contributed by atoms with Crippen LogP contribution < -0.4 is 5.48 Å². The average molecular weight is 434 g/mol. The fraction of sp³-hybridized carbons (Fsp3) is 0.333. The van der Waals surface area contributed by atoms with E-state index in [0.717, 1.165) is 11.8 Å². The van der Waals surface area contributed by atoms with Crippen LogP contribution in [0.3, 0.4) is 0 Å². The molecule has 0 fully saturated rings. The number of nitrogens with zero attached hydrogens (tertiary/aromatic N) is 1. The second-order valence-electron chi connectivity index (χ2n) is 7.59. The van der Waals surface area contributed by atoms with Crippen LogP contribution in [0, 0.1) is 5.82 Å². The summed E-state index contributed by atoms with van der Waals surface area (Å²) in [4.78, 5) is 26.3. The largest absolute Gasteiger partial charge is 0.338 e. The fourth-order valence-corrected chi connectivity index (χ4v) is 4.39. The van der Waals surface area contributed by atoms with Crippen molar-refractivity contribution in [3.05, 3.63) is 59.4 Å². The Morgan fingerprint density at radius 1 is 1.23 bits per heavy atom. The topological polar surface area (TPSA) is 104 Å². The molecule has 1 atom stereocenters. The van der Waals surface area contributed by atoms with Crippen LogP contribution in [-0.2, 0) is 21.1 Å². The molecule has 2 aromatic rings. The minimum atomic E-state index is -3.84. The number of nitrogens with one attached hydrogen (secondary N) is 1. The number of rotatable bonds is 6. The molecule has 2 aromatic carbocycles. The van der Waals surface area contributed by atoms with Crippen molar-refractivity contribution >= 4 is 21.7 Å². The van der Waals surface area contributed by atoms with Crippen LogP contribution in [0.15, 0.2) is 42.5 Å². The van der Waals surface area contributed by atoms with Gasteiger partial charge in [0.05, 0.1) is 0 Å². The lowest BCUT2D eigenvalue weighted by atomic mass is 9.93. The minimum absolute atomic E-state index is 0.0321. The molecule has 0 spiro atoms. The van der Waals surface area contributed by atoms with Crippen LogP contribution in [0.2, 0.25) is 0 Å². The molecule has 2 amide bonds. The fourth-order valence-electron chi connectivity index (χ4n) is 3.55. The third kappa shape index (κ3) is 3.95. The number of carbonyl (C=O) groups is 2. The van der Waals surface area contributed by atoms with Gasteiger partial charge in [-0.15, -0.1) is 0 Å². The maximum atomic E-state index is 14.1. The number of carbonyl (C=O) groups excluding carboxylic acids is 2. The standard InChI is InChI=1S/C21H23FN2O5S/c1-21(20(26)23-27,30(2,28)29)10-12-24-11-9-15-13-14(7-8-17(15)19(24)25)16-5-3-4-6-18(16)22/h3-8,13,27H,9-12H2,1-2H3,(H,23,26)/t21-/m1/s1. The molecule has 0 aliphatic carbocycles. The SMILES string of the molecule is C[C@@](CCN1CCc2cc(-c3ccccc3F)ccc2C1=O)(C(=O)NO)S(C)(=O)=O. The molecule has 1 heterocycles. The van der Waals surface area contributed by atoms with E-state index >= 15 is 0 Å². The van der Waals surface area contributed by atoms with Crippen LogP contribution in [0.1, 0.15) is 29.3 Å². The molecule has 1 aliphatic heterocycles. The molecule has 3 rings (SSSR count). The number of benzene rings is 2. The third-order valence-electron chi connectivity index (χ3n) is 5.72. The molecule has 0 radical (unpaired) electrons. The highest BCUT2D eigenvalue weighted by atomic mass is 32.2. The number of halogens is 1. The summed E-state index contributed by atoms with van der Waals surface area (Å²) < 4.78 is 36.4. The maximum absolute atomic E-state index is 14.1. The molecular weight excluding hydrogens is 411 g/mol. The van der Waals surface area contributed by atoms with Crippen molar-refractivity contribution in [2.45, 2.75) is 24.5 Å².